The van der Waals surface area contributed by atoms with E-state index in [4.69, 9.17) is 0 Å². The number of nitrogens with zero attached hydrogens (tertiary/aromatic N) is 5. The maximum absolute atomic E-state index is 12.9. The molecule has 0 unspecified atom stereocenters. The van der Waals surface area contributed by atoms with E-state index in [2.05, 4.69) is 38.1 Å². The van der Waals surface area contributed by atoms with Crippen molar-refractivity contribution in [3.8, 4) is 10.6 Å². The van der Waals surface area contributed by atoms with E-state index in [1.165, 1.54) is 0 Å². The second kappa shape index (κ2) is 7.57. The number of Topliss-reactive ketones (excluding diaryl/α,β-unsaturated/α-hetero) is 1. The number of aromatic nitrogens is 4. The van der Waals surface area contributed by atoms with Gasteiger partial charge in [0, 0.05) is 47.7 Å². The number of ketones is 1. The smallest absolute Gasteiger partial charge is 0.169 e. The van der Waals surface area contributed by atoms with Gasteiger partial charge in [-0.25, -0.2) is 4.98 Å². The fourth-order valence-electron chi connectivity index (χ4n) is 3.75. The highest BCUT2D eigenvalue weighted by Gasteiger charge is 2.24. The largest absolute Gasteiger partial charge is 0.356 e. The van der Waals surface area contributed by atoms with Crippen LogP contribution in [0.4, 0.5) is 5.82 Å². The van der Waals surface area contributed by atoms with E-state index in [-0.39, 0.29) is 12.2 Å². The zero-order chi connectivity index (χ0) is 20.7. The lowest BCUT2D eigenvalue weighted by Crippen LogP contribution is -2.45. The molecule has 3 aromatic heterocycles. The quantitative estimate of drug-likeness (QED) is 0.452. The van der Waals surface area contributed by atoms with E-state index in [1.54, 1.807) is 23.6 Å². The van der Waals surface area contributed by atoms with Crippen molar-refractivity contribution in [2.75, 3.05) is 18.0 Å². The van der Waals surface area contributed by atoms with Crippen LogP contribution in [0.15, 0.2) is 48.8 Å². The summed E-state index contributed by atoms with van der Waals surface area (Å²) >= 11 is 1.57. The predicted molar refractivity (Wildman–Crippen MR) is 119 cm³/mol. The Labute approximate surface area is 178 Å². The normalized spacial score (nSPS) is 14.1. The van der Waals surface area contributed by atoms with E-state index in [0.29, 0.717) is 11.5 Å². The molecule has 1 aromatic carbocycles. The van der Waals surface area contributed by atoms with Gasteiger partial charge < -0.3 is 4.90 Å². The molecular weight excluding hydrogens is 394 g/mol. The van der Waals surface area contributed by atoms with E-state index in [1.807, 2.05) is 37.4 Å². The molecule has 1 saturated heterocycles. The van der Waals surface area contributed by atoms with Gasteiger partial charge in [0.25, 0.3) is 0 Å². The summed E-state index contributed by atoms with van der Waals surface area (Å²) in [6.07, 6.45) is 3.81. The Morgan fingerprint density at radius 1 is 1.10 bits per heavy atom. The van der Waals surface area contributed by atoms with Crippen LogP contribution in [0.3, 0.4) is 0 Å². The Kier molecular flexibility index (Phi) is 4.75. The van der Waals surface area contributed by atoms with Crippen molar-refractivity contribution in [3.05, 3.63) is 65.1 Å². The van der Waals surface area contributed by atoms with Crippen LogP contribution in [0.2, 0.25) is 0 Å². The molecule has 0 atom stereocenters. The number of hydrogen-bond donors (Lipinski definition) is 0. The summed E-state index contributed by atoms with van der Waals surface area (Å²) < 4.78 is 0. The Balaban J connectivity index is 1.38. The average Bonchev–Trinajstić information content (AvgIpc) is 3.17. The third kappa shape index (κ3) is 3.68. The first-order valence-electron chi connectivity index (χ1n) is 9.98. The molecule has 0 saturated carbocycles. The van der Waals surface area contributed by atoms with Crippen LogP contribution in [0.5, 0.6) is 0 Å². The molecule has 1 aliphatic rings. The van der Waals surface area contributed by atoms with Crippen molar-refractivity contribution < 1.29 is 4.79 Å². The molecule has 0 bridgehead atoms. The lowest BCUT2D eigenvalue weighted by atomic mass is 10.0. The van der Waals surface area contributed by atoms with Gasteiger partial charge in [0.15, 0.2) is 5.78 Å². The summed E-state index contributed by atoms with van der Waals surface area (Å²) in [5.74, 6) is 1.61. The Morgan fingerprint density at radius 2 is 1.97 bits per heavy atom. The first-order valence-corrected chi connectivity index (χ1v) is 10.8. The van der Waals surface area contributed by atoms with Crippen LogP contribution in [-0.4, -0.2) is 39.0 Å². The molecule has 150 valence electrons. The van der Waals surface area contributed by atoms with Crippen LogP contribution in [0.25, 0.3) is 21.3 Å². The molecule has 1 fully saturated rings. The molecule has 30 heavy (non-hydrogen) atoms. The number of carbonyl (C=O) groups is 1. The fraction of sp³-hybridized carbons (Fsp3) is 0.261. The molecule has 0 aliphatic carbocycles. The van der Waals surface area contributed by atoms with Crippen LogP contribution >= 0.6 is 11.3 Å². The van der Waals surface area contributed by atoms with Gasteiger partial charge in [0.05, 0.1) is 6.42 Å². The lowest BCUT2D eigenvalue weighted by Gasteiger charge is -2.38. The van der Waals surface area contributed by atoms with Crippen molar-refractivity contribution in [3.63, 3.8) is 0 Å². The third-order valence-electron chi connectivity index (χ3n) is 5.35. The summed E-state index contributed by atoms with van der Waals surface area (Å²) in [4.78, 5) is 24.0. The summed E-state index contributed by atoms with van der Waals surface area (Å²) in [5, 5.41) is 12.2. The van der Waals surface area contributed by atoms with Gasteiger partial charge in [-0.3, -0.25) is 9.78 Å². The number of anilines is 1. The molecule has 0 N–H and O–H groups in total. The number of aryl methyl sites for hydroxylation is 1. The van der Waals surface area contributed by atoms with Crippen molar-refractivity contribution >= 4 is 33.7 Å². The van der Waals surface area contributed by atoms with Crippen LogP contribution in [0.1, 0.15) is 28.0 Å². The van der Waals surface area contributed by atoms with Gasteiger partial charge in [0.1, 0.15) is 15.8 Å². The van der Waals surface area contributed by atoms with Gasteiger partial charge in [-0.2, -0.15) is 0 Å². The maximum Gasteiger partial charge on any atom is 0.169 e. The molecular formula is C23H21N5OS. The Bertz CT molecular complexity index is 1250. The molecule has 7 heteroatoms. The second-order valence-electron chi connectivity index (χ2n) is 7.88. The molecule has 0 amide bonds. The highest BCUT2D eigenvalue weighted by molar-refractivity contribution is 7.14. The Morgan fingerprint density at radius 3 is 2.73 bits per heavy atom. The highest BCUT2D eigenvalue weighted by atomic mass is 32.1. The van der Waals surface area contributed by atoms with E-state index in [0.717, 1.165) is 51.0 Å². The number of hydrogen-bond acceptors (Lipinski definition) is 7. The number of carbonyl (C=O) groups excluding carboxylic acids is 1. The molecule has 0 radical (unpaired) electrons. The van der Waals surface area contributed by atoms with Gasteiger partial charge in [-0.1, -0.05) is 30.4 Å². The average molecular weight is 416 g/mol. The summed E-state index contributed by atoms with van der Waals surface area (Å²) in [6.45, 7) is 6.15. The Hall–Kier alpha value is -3.19. The number of benzene rings is 1. The highest BCUT2D eigenvalue weighted by Crippen LogP contribution is 2.27. The summed E-state index contributed by atoms with van der Waals surface area (Å²) in [5.41, 5.74) is 2.47. The SMILES string of the molecule is Cc1nnc(-c2ccc3cnc(CC(=O)c4ccnc(N5CC(C)C5)c4)cc3c2)s1. The lowest BCUT2D eigenvalue weighted by molar-refractivity contribution is 0.0992. The van der Waals surface area contributed by atoms with E-state index < -0.39 is 0 Å². The predicted octanol–water partition coefficient (Wildman–Crippen LogP) is 4.34. The fourth-order valence-corrected chi connectivity index (χ4v) is 4.43. The second-order valence-corrected chi connectivity index (χ2v) is 9.06. The molecule has 0 spiro atoms. The van der Waals surface area contributed by atoms with Gasteiger partial charge in [-0.05, 0) is 42.5 Å². The van der Waals surface area contributed by atoms with Crippen LogP contribution < -0.4 is 4.90 Å². The van der Waals surface area contributed by atoms with Crippen molar-refractivity contribution in [1.29, 1.82) is 0 Å². The number of fused-ring (bicyclic) bond motifs is 1. The number of rotatable bonds is 5. The maximum atomic E-state index is 12.9. The molecule has 6 nitrogen and oxygen atoms in total. The third-order valence-corrected chi connectivity index (χ3v) is 6.24. The zero-order valence-electron chi connectivity index (χ0n) is 16.9. The van der Waals surface area contributed by atoms with Crippen molar-refractivity contribution in [2.24, 2.45) is 5.92 Å². The molecule has 4 heterocycles. The summed E-state index contributed by atoms with van der Waals surface area (Å²) in [7, 11) is 0. The van der Waals surface area contributed by atoms with Crippen molar-refractivity contribution in [1.82, 2.24) is 20.2 Å². The van der Waals surface area contributed by atoms with Gasteiger partial charge in [0.2, 0.25) is 0 Å². The first kappa shape index (κ1) is 18.8. The van der Waals surface area contributed by atoms with Crippen molar-refractivity contribution in [2.45, 2.75) is 20.3 Å². The van der Waals surface area contributed by atoms with E-state index >= 15 is 0 Å². The van der Waals surface area contributed by atoms with Gasteiger partial charge >= 0.3 is 0 Å². The standard InChI is InChI=1S/C23H21N5OS/c1-14-12-28(13-14)22-9-16(5-6-24-22)21(29)10-20-8-19-7-17(3-4-18(19)11-25-20)23-27-26-15(2)30-23/h3-9,11,14H,10,12-13H2,1-2H3. The molecule has 5 rings (SSSR count). The number of pyridine rings is 2. The summed E-state index contributed by atoms with van der Waals surface area (Å²) in [6, 6.07) is 11.8. The van der Waals surface area contributed by atoms with E-state index in [9.17, 15) is 4.79 Å². The molecule has 4 aromatic rings. The topological polar surface area (TPSA) is 71.9 Å². The minimum atomic E-state index is 0.0509. The minimum absolute atomic E-state index is 0.0509. The zero-order valence-corrected chi connectivity index (χ0v) is 17.7. The van der Waals surface area contributed by atoms with Crippen LogP contribution in [0, 0.1) is 12.8 Å². The van der Waals surface area contributed by atoms with Crippen LogP contribution in [-0.2, 0) is 6.42 Å². The molecule has 1 aliphatic heterocycles. The minimum Gasteiger partial charge on any atom is -0.356 e. The first-order chi connectivity index (χ1) is 14.5. The van der Waals surface area contributed by atoms with Gasteiger partial charge in [-0.15, -0.1) is 10.2 Å². The monoisotopic (exact) mass is 415 g/mol.